The Balaban J connectivity index is 1.40. The minimum Gasteiger partial charge on any atom is -0.381 e. The van der Waals surface area contributed by atoms with E-state index in [1.165, 1.54) is 0 Å². The number of amides is 2. The zero-order chi connectivity index (χ0) is 21.2. The van der Waals surface area contributed by atoms with Crippen molar-refractivity contribution in [1.29, 1.82) is 0 Å². The lowest BCUT2D eigenvalue weighted by Crippen LogP contribution is -2.25. The molecule has 0 spiro atoms. The molecule has 1 atom stereocenters. The van der Waals surface area contributed by atoms with Crippen molar-refractivity contribution in [3.63, 3.8) is 0 Å². The van der Waals surface area contributed by atoms with E-state index in [1.807, 2.05) is 42.5 Å². The van der Waals surface area contributed by atoms with Crippen LogP contribution in [0.5, 0.6) is 0 Å². The summed E-state index contributed by atoms with van der Waals surface area (Å²) in [7, 11) is -0.938. The first-order valence-corrected chi connectivity index (χ1v) is 11.7. The molecule has 1 fully saturated rings. The molecule has 2 aromatic carbocycles. The molecule has 1 heterocycles. The van der Waals surface area contributed by atoms with Gasteiger partial charge in [0, 0.05) is 59.2 Å². The summed E-state index contributed by atoms with van der Waals surface area (Å²) in [5.74, 6) is 0.243. The molecule has 3 rings (SSSR count). The second-order valence-corrected chi connectivity index (χ2v) is 9.03. The van der Waals surface area contributed by atoms with Crippen LogP contribution in [0.25, 0.3) is 0 Å². The zero-order valence-electron chi connectivity index (χ0n) is 17.0. The molecule has 1 aliphatic rings. The summed E-state index contributed by atoms with van der Waals surface area (Å²) in [5, 5.41) is 5.89. The van der Waals surface area contributed by atoms with E-state index in [4.69, 9.17) is 4.74 Å². The largest absolute Gasteiger partial charge is 0.381 e. The molecule has 0 aliphatic carbocycles. The SMILES string of the molecule is O=C(CCCNC(=O)c1ccccc1)Nc1cccc(CS(=O)C2CCOCC2)c1. The second kappa shape index (κ2) is 11.6. The molecule has 6 nitrogen and oxygen atoms in total. The number of hydrogen-bond donors (Lipinski definition) is 2. The molecular weight excluding hydrogens is 400 g/mol. The molecule has 1 unspecified atom stereocenters. The number of carbonyl (C=O) groups is 2. The number of benzene rings is 2. The van der Waals surface area contributed by atoms with Crippen molar-refractivity contribution in [2.75, 3.05) is 25.1 Å². The van der Waals surface area contributed by atoms with E-state index in [1.54, 1.807) is 12.1 Å². The summed E-state index contributed by atoms with van der Waals surface area (Å²) in [6.07, 6.45) is 2.54. The van der Waals surface area contributed by atoms with Crippen LogP contribution in [0.2, 0.25) is 0 Å². The van der Waals surface area contributed by atoms with Crippen LogP contribution in [0, 0.1) is 0 Å². The maximum absolute atomic E-state index is 12.6. The van der Waals surface area contributed by atoms with Crippen LogP contribution in [0.4, 0.5) is 5.69 Å². The van der Waals surface area contributed by atoms with Gasteiger partial charge in [-0.2, -0.15) is 0 Å². The molecule has 0 bridgehead atoms. The van der Waals surface area contributed by atoms with Crippen LogP contribution in [-0.4, -0.2) is 41.0 Å². The maximum atomic E-state index is 12.6. The molecular formula is C23H28N2O4S. The topological polar surface area (TPSA) is 84.5 Å². The van der Waals surface area contributed by atoms with Gasteiger partial charge in [0.1, 0.15) is 0 Å². The van der Waals surface area contributed by atoms with Gasteiger partial charge in [0.15, 0.2) is 0 Å². The Hall–Kier alpha value is -2.51. The number of rotatable bonds is 9. The second-order valence-electron chi connectivity index (χ2n) is 7.31. The molecule has 0 aromatic heterocycles. The van der Waals surface area contributed by atoms with Gasteiger partial charge in [-0.3, -0.25) is 13.8 Å². The molecule has 2 N–H and O–H groups in total. The fraction of sp³-hybridized carbons (Fsp3) is 0.391. The minimum absolute atomic E-state index is 0.105. The van der Waals surface area contributed by atoms with Gasteiger partial charge in [-0.25, -0.2) is 0 Å². The number of ether oxygens (including phenoxy) is 1. The monoisotopic (exact) mass is 428 g/mol. The first-order chi connectivity index (χ1) is 14.6. The minimum atomic E-state index is -0.938. The van der Waals surface area contributed by atoms with Gasteiger partial charge >= 0.3 is 0 Å². The van der Waals surface area contributed by atoms with E-state index in [2.05, 4.69) is 10.6 Å². The highest BCUT2D eigenvalue weighted by molar-refractivity contribution is 7.84. The van der Waals surface area contributed by atoms with Gasteiger partial charge in [0.2, 0.25) is 5.91 Å². The lowest BCUT2D eigenvalue weighted by atomic mass is 10.2. The third-order valence-electron chi connectivity index (χ3n) is 4.96. The molecule has 0 saturated carbocycles. The van der Waals surface area contributed by atoms with Crippen molar-refractivity contribution in [2.45, 2.75) is 36.7 Å². The first-order valence-electron chi connectivity index (χ1n) is 10.3. The molecule has 7 heteroatoms. The zero-order valence-corrected chi connectivity index (χ0v) is 17.8. The van der Waals surface area contributed by atoms with E-state index < -0.39 is 10.8 Å². The standard InChI is InChI=1S/C23H28N2O4S/c26-22(10-5-13-24-23(27)19-7-2-1-3-8-19)25-20-9-4-6-18(16-20)17-30(28)21-11-14-29-15-12-21/h1-4,6-9,16,21H,5,10-15,17H2,(H,24,27)(H,25,26). The number of anilines is 1. The van der Waals surface area contributed by atoms with Gasteiger partial charge in [0.05, 0.1) is 0 Å². The van der Waals surface area contributed by atoms with Crippen LogP contribution >= 0.6 is 0 Å². The molecule has 1 aliphatic heterocycles. The molecule has 30 heavy (non-hydrogen) atoms. The highest BCUT2D eigenvalue weighted by Gasteiger charge is 2.20. The van der Waals surface area contributed by atoms with Crippen molar-refractivity contribution in [3.8, 4) is 0 Å². The van der Waals surface area contributed by atoms with Gasteiger partial charge in [-0.05, 0) is 49.1 Å². The Morgan fingerprint density at radius 2 is 1.80 bits per heavy atom. The maximum Gasteiger partial charge on any atom is 0.251 e. The Labute approximate surface area is 179 Å². The van der Waals surface area contributed by atoms with Crippen LogP contribution in [0.1, 0.15) is 41.6 Å². The normalized spacial score (nSPS) is 15.3. The highest BCUT2D eigenvalue weighted by atomic mass is 32.2. The van der Waals surface area contributed by atoms with E-state index in [-0.39, 0.29) is 17.1 Å². The van der Waals surface area contributed by atoms with E-state index in [0.717, 1.165) is 18.4 Å². The quantitative estimate of drug-likeness (QED) is 0.601. The summed E-state index contributed by atoms with van der Waals surface area (Å²) >= 11 is 0. The Morgan fingerprint density at radius 3 is 2.57 bits per heavy atom. The fourth-order valence-corrected chi connectivity index (χ4v) is 4.79. The molecule has 160 valence electrons. The Kier molecular flexibility index (Phi) is 8.59. The lowest BCUT2D eigenvalue weighted by Gasteiger charge is -2.21. The Morgan fingerprint density at radius 1 is 1.03 bits per heavy atom. The summed E-state index contributed by atoms with van der Waals surface area (Å²) in [6, 6.07) is 16.5. The third-order valence-corrected chi connectivity index (χ3v) is 6.79. The Bertz CT molecular complexity index is 867. The predicted molar refractivity (Wildman–Crippen MR) is 119 cm³/mol. The smallest absolute Gasteiger partial charge is 0.251 e. The molecule has 1 saturated heterocycles. The predicted octanol–water partition coefficient (Wildman–Crippen LogP) is 3.26. The van der Waals surface area contributed by atoms with Crippen LogP contribution in [-0.2, 0) is 26.1 Å². The number of hydrogen-bond acceptors (Lipinski definition) is 4. The van der Waals surface area contributed by atoms with Crippen molar-refractivity contribution < 1.29 is 18.5 Å². The van der Waals surface area contributed by atoms with Gasteiger partial charge in [-0.15, -0.1) is 0 Å². The lowest BCUT2D eigenvalue weighted by molar-refractivity contribution is -0.116. The van der Waals surface area contributed by atoms with E-state index in [9.17, 15) is 13.8 Å². The van der Waals surface area contributed by atoms with Crippen LogP contribution in [0.15, 0.2) is 54.6 Å². The van der Waals surface area contributed by atoms with Crippen molar-refractivity contribution in [3.05, 3.63) is 65.7 Å². The van der Waals surface area contributed by atoms with Gasteiger partial charge in [-0.1, -0.05) is 30.3 Å². The molecule has 0 radical (unpaired) electrons. The van der Waals surface area contributed by atoms with Crippen molar-refractivity contribution in [1.82, 2.24) is 5.32 Å². The van der Waals surface area contributed by atoms with Crippen molar-refractivity contribution >= 4 is 28.3 Å². The summed E-state index contributed by atoms with van der Waals surface area (Å²) in [6.45, 7) is 1.79. The van der Waals surface area contributed by atoms with Gasteiger partial charge in [0.25, 0.3) is 5.91 Å². The molecule has 2 amide bonds. The number of nitrogens with one attached hydrogen (secondary N) is 2. The fourth-order valence-electron chi connectivity index (χ4n) is 3.33. The number of carbonyl (C=O) groups excluding carboxylic acids is 2. The van der Waals surface area contributed by atoms with Crippen molar-refractivity contribution in [2.24, 2.45) is 0 Å². The average molecular weight is 429 g/mol. The summed E-state index contributed by atoms with van der Waals surface area (Å²) in [5.41, 5.74) is 2.26. The molecule has 2 aromatic rings. The summed E-state index contributed by atoms with van der Waals surface area (Å²) < 4.78 is 17.9. The highest BCUT2D eigenvalue weighted by Crippen LogP contribution is 2.19. The average Bonchev–Trinajstić information content (AvgIpc) is 2.78. The third kappa shape index (κ3) is 7.07. The van der Waals surface area contributed by atoms with Gasteiger partial charge < -0.3 is 15.4 Å². The van der Waals surface area contributed by atoms with Crippen LogP contribution in [0.3, 0.4) is 0 Å². The summed E-state index contributed by atoms with van der Waals surface area (Å²) in [4.78, 5) is 24.2. The van der Waals surface area contributed by atoms with E-state index >= 15 is 0 Å². The first kappa shape index (κ1) is 22.2. The van der Waals surface area contributed by atoms with Crippen LogP contribution < -0.4 is 10.6 Å². The van der Waals surface area contributed by atoms with E-state index in [0.29, 0.717) is 49.6 Å².